The van der Waals surface area contributed by atoms with Crippen LogP contribution >= 0.6 is 0 Å². The third kappa shape index (κ3) is 2.59. The van der Waals surface area contributed by atoms with E-state index in [0.717, 1.165) is 32.5 Å². The maximum Gasteiger partial charge on any atom is 0.223 e. The van der Waals surface area contributed by atoms with Crippen molar-refractivity contribution >= 4 is 5.91 Å². The van der Waals surface area contributed by atoms with E-state index in [9.17, 15) is 4.79 Å². The van der Waals surface area contributed by atoms with Gasteiger partial charge < -0.3 is 10.6 Å². The molecular formula is C12H20N2O. The van der Waals surface area contributed by atoms with Gasteiger partial charge in [-0.2, -0.15) is 0 Å². The lowest BCUT2D eigenvalue weighted by Gasteiger charge is -2.14. The van der Waals surface area contributed by atoms with Crippen molar-refractivity contribution in [1.29, 1.82) is 0 Å². The minimum absolute atomic E-state index is 0.236. The van der Waals surface area contributed by atoms with E-state index in [2.05, 4.69) is 30.6 Å². The number of nitrogens with one attached hydrogen (secondary N) is 2. The number of carbonyl (C=O) groups excluding carboxylic acids is 1. The van der Waals surface area contributed by atoms with Crippen LogP contribution in [0, 0.1) is 11.3 Å². The summed E-state index contributed by atoms with van der Waals surface area (Å²) in [5, 5.41) is 6.30. The molecule has 1 fully saturated rings. The molecule has 1 saturated carbocycles. The normalized spacial score (nSPS) is 28.1. The number of carbonyl (C=O) groups is 1. The van der Waals surface area contributed by atoms with Gasteiger partial charge in [0.25, 0.3) is 0 Å². The Hall–Kier alpha value is -0.830. The molecule has 0 aromatic carbocycles. The first-order chi connectivity index (χ1) is 7.09. The van der Waals surface area contributed by atoms with Gasteiger partial charge in [0.1, 0.15) is 0 Å². The first-order valence-corrected chi connectivity index (χ1v) is 5.76. The zero-order valence-electron chi connectivity index (χ0n) is 9.60. The molecule has 0 aromatic rings. The van der Waals surface area contributed by atoms with Crippen LogP contribution < -0.4 is 10.6 Å². The number of hydrogen-bond donors (Lipinski definition) is 2. The van der Waals surface area contributed by atoms with E-state index in [4.69, 9.17) is 0 Å². The molecule has 1 amide bonds. The Labute approximate surface area is 91.3 Å². The number of amides is 1. The third-order valence-corrected chi connectivity index (χ3v) is 3.48. The molecule has 2 aliphatic rings. The summed E-state index contributed by atoms with van der Waals surface area (Å²) in [4.78, 5) is 11.7. The summed E-state index contributed by atoms with van der Waals surface area (Å²) < 4.78 is 0. The average Bonchev–Trinajstić information content (AvgIpc) is 2.86. The maximum atomic E-state index is 11.7. The summed E-state index contributed by atoms with van der Waals surface area (Å²) in [5.74, 6) is 0.485. The molecular weight excluding hydrogens is 188 g/mol. The van der Waals surface area contributed by atoms with Gasteiger partial charge in [-0.05, 0) is 24.8 Å². The quantitative estimate of drug-likeness (QED) is 0.681. The Bertz CT molecular complexity index is 294. The van der Waals surface area contributed by atoms with E-state index in [1.807, 2.05) is 0 Å². The van der Waals surface area contributed by atoms with Gasteiger partial charge in [-0.15, -0.1) is 0 Å². The molecule has 3 nitrogen and oxygen atoms in total. The van der Waals surface area contributed by atoms with Crippen LogP contribution in [0.1, 0.15) is 26.7 Å². The van der Waals surface area contributed by atoms with Crippen molar-refractivity contribution in [3.05, 3.63) is 11.6 Å². The summed E-state index contributed by atoms with van der Waals surface area (Å²) in [6, 6.07) is 0. The molecule has 0 bridgehead atoms. The molecule has 2 rings (SSSR count). The van der Waals surface area contributed by atoms with Crippen molar-refractivity contribution in [3.8, 4) is 0 Å². The molecule has 1 heterocycles. The molecule has 2 N–H and O–H groups in total. The summed E-state index contributed by atoms with van der Waals surface area (Å²) in [6.07, 6.45) is 4.29. The van der Waals surface area contributed by atoms with E-state index in [-0.39, 0.29) is 17.2 Å². The summed E-state index contributed by atoms with van der Waals surface area (Å²) >= 11 is 0. The van der Waals surface area contributed by atoms with Gasteiger partial charge in [0.2, 0.25) is 5.91 Å². The molecule has 15 heavy (non-hydrogen) atoms. The van der Waals surface area contributed by atoms with Gasteiger partial charge in [0.15, 0.2) is 0 Å². The van der Waals surface area contributed by atoms with Crippen LogP contribution in [0.15, 0.2) is 11.6 Å². The highest BCUT2D eigenvalue weighted by atomic mass is 16.2. The van der Waals surface area contributed by atoms with Crippen molar-refractivity contribution in [2.75, 3.05) is 19.6 Å². The molecule has 0 spiro atoms. The highest BCUT2D eigenvalue weighted by molar-refractivity contribution is 5.82. The predicted molar refractivity (Wildman–Crippen MR) is 60.5 cm³/mol. The zero-order valence-corrected chi connectivity index (χ0v) is 9.60. The van der Waals surface area contributed by atoms with E-state index >= 15 is 0 Å². The van der Waals surface area contributed by atoms with E-state index in [0.29, 0.717) is 0 Å². The topological polar surface area (TPSA) is 41.1 Å². The smallest absolute Gasteiger partial charge is 0.223 e. The van der Waals surface area contributed by atoms with Crippen molar-refractivity contribution in [1.82, 2.24) is 10.6 Å². The maximum absolute atomic E-state index is 11.7. The minimum atomic E-state index is 0.236. The molecule has 0 aromatic heterocycles. The Kier molecular flexibility index (Phi) is 2.83. The van der Waals surface area contributed by atoms with E-state index < -0.39 is 0 Å². The number of hydrogen-bond acceptors (Lipinski definition) is 2. The zero-order chi connectivity index (χ0) is 10.9. The van der Waals surface area contributed by atoms with Crippen LogP contribution in [0.4, 0.5) is 0 Å². The van der Waals surface area contributed by atoms with Gasteiger partial charge in [-0.25, -0.2) is 0 Å². The fraction of sp³-hybridized carbons (Fsp3) is 0.750. The highest BCUT2D eigenvalue weighted by Crippen LogP contribution is 2.51. The van der Waals surface area contributed by atoms with Gasteiger partial charge in [0.05, 0.1) is 0 Å². The van der Waals surface area contributed by atoms with Gasteiger partial charge in [-0.1, -0.05) is 25.5 Å². The SMILES string of the molecule is CC1(C)CC1C(=O)NCC1=CCNCC1. The number of rotatable bonds is 3. The van der Waals surface area contributed by atoms with Crippen LogP contribution in [0.2, 0.25) is 0 Å². The molecule has 3 heteroatoms. The first-order valence-electron chi connectivity index (χ1n) is 5.76. The highest BCUT2D eigenvalue weighted by Gasteiger charge is 2.50. The van der Waals surface area contributed by atoms with Crippen LogP contribution in [-0.2, 0) is 4.79 Å². The molecule has 0 saturated heterocycles. The lowest BCUT2D eigenvalue weighted by Crippen LogP contribution is -2.31. The lowest BCUT2D eigenvalue weighted by molar-refractivity contribution is -0.122. The summed E-state index contributed by atoms with van der Waals surface area (Å²) in [7, 11) is 0. The van der Waals surface area contributed by atoms with Gasteiger partial charge in [0, 0.05) is 19.0 Å². The average molecular weight is 208 g/mol. The minimum Gasteiger partial charge on any atom is -0.352 e. The standard InChI is InChI=1S/C12H20N2O/c1-12(2)7-10(12)11(15)14-8-9-3-5-13-6-4-9/h3,10,13H,4-8H2,1-2H3,(H,14,15). The second kappa shape index (κ2) is 3.97. The monoisotopic (exact) mass is 208 g/mol. The van der Waals surface area contributed by atoms with Crippen LogP contribution in [-0.4, -0.2) is 25.5 Å². The Morgan fingerprint density at radius 2 is 2.40 bits per heavy atom. The summed E-state index contributed by atoms with van der Waals surface area (Å²) in [6.45, 7) is 7.03. The Morgan fingerprint density at radius 3 is 2.93 bits per heavy atom. The molecule has 1 atom stereocenters. The summed E-state index contributed by atoms with van der Waals surface area (Å²) in [5.41, 5.74) is 1.60. The van der Waals surface area contributed by atoms with Gasteiger partial charge in [-0.3, -0.25) is 4.79 Å². The van der Waals surface area contributed by atoms with E-state index in [1.165, 1.54) is 5.57 Å². The molecule has 0 radical (unpaired) electrons. The van der Waals surface area contributed by atoms with Crippen molar-refractivity contribution in [3.63, 3.8) is 0 Å². The first kappa shape index (κ1) is 10.7. The van der Waals surface area contributed by atoms with Crippen LogP contribution in [0.5, 0.6) is 0 Å². The fourth-order valence-corrected chi connectivity index (χ4v) is 2.07. The molecule has 1 aliphatic carbocycles. The van der Waals surface area contributed by atoms with Gasteiger partial charge >= 0.3 is 0 Å². The van der Waals surface area contributed by atoms with Crippen molar-refractivity contribution < 1.29 is 4.79 Å². The second-order valence-corrected chi connectivity index (χ2v) is 5.28. The fourth-order valence-electron chi connectivity index (χ4n) is 2.07. The Balaban J connectivity index is 1.74. The third-order valence-electron chi connectivity index (χ3n) is 3.48. The molecule has 1 unspecified atom stereocenters. The Morgan fingerprint density at radius 1 is 1.67 bits per heavy atom. The predicted octanol–water partition coefficient (Wildman–Crippen LogP) is 1.07. The van der Waals surface area contributed by atoms with Crippen molar-refractivity contribution in [2.45, 2.75) is 26.7 Å². The van der Waals surface area contributed by atoms with Crippen LogP contribution in [0.25, 0.3) is 0 Å². The van der Waals surface area contributed by atoms with Crippen molar-refractivity contribution in [2.24, 2.45) is 11.3 Å². The van der Waals surface area contributed by atoms with E-state index in [1.54, 1.807) is 0 Å². The molecule has 1 aliphatic heterocycles. The largest absolute Gasteiger partial charge is 0.352 e. The lowest BCUT2D eigenvalue weighted by atomic mass is 10.1. The van der Waals surface area contributed by atoms with Crippen LogP contribution in [0.3, 0.4) is 0 Å². The second-order valence-electron chi connectivity index (χ2n) is 5.28. The molecule has 84 valence electrons.